The van der Waals surface area contributed by atoms with Gasteiger partial charge in [0.1, 0.15) is 18.5 Å². The number of aliphatic hydroxyl groups is 1. The lowest BCUT2D eigenvalue weighted by molar-refractivity contribution is 0.106. The zero-order valence-corrected chi connectivity index (χ0v) is 21.8. The highest BCUT2D eigenvalue weighted by Crippen LogP contribution is 2.37. The van der Waals surface area contributed by atoms with Crippen molar-refractivity contribution < 1.29 is 28.8 Å². The molecule has 1 aliphatic rings. The summed E-state index contributed by atoms with van der Waals surface area (Å²) in [7, 11) is 4.69. The Balaban J connectivity index is 1.87. The Labute approximate surface area is 219 Å². The molecule has 0 saturated carbocycles. The van der Waals surface area contributed by atoms with Gasteiger partial charge in [0.05, 0.1) is 27.4 Å². The monoisotopic (exact) mass is 541 g/mol. The van der Waals surface area contributed by atoms with E-state index in [0.717, 1.165) is 17.5 Å². The van der Waals surface area contributed by atoms with Crippen LogP contribution in [0.3, 0.4) is 0 Å². The van der Waals surface area contributed by atoms with Gasteiger partial charge in [0.15, 0.2) is 11.5 Å². The number of carbonyl (C=O) groups excluding carboxylic acids is 1. The van der Waals surface area contributed by atoms with Crippen molar-refractivity contribution in [1.29, 1.82) is 0 Å². The van der Waals surface area contributed by atoms with E-state index in [0.29, 0.717) is 35.8 Å². The number of benzene rings is 2. The van der Waals surface area contributed by atoms with Crippen LogP contribution < -0.4 is 14.2 Å². The van der Waals surface area contributed by atoms with Crippen molar-refractivity contribution in [3.05, 3.63) is 42.0 Å². The van der Waals surface area contributed by atoms with Gasteiger partial charge in [0, 0.05) is 12.1 Å². The first-order valence-electron chi connectivity index (χ1n) is 10.8. The molecule has 1 N–H and O–H groups in total. The first-order valence-corrected chi connectivity index (χ1v) is 11.9. The maximum Gasteiger partial charge on any atom is 0.410 e. The van der Waals surface area contributed by atoms with Gasteiger partial charge in [-0.15, -0.1) is 0 Å². The van der Waals surface area contributed by atoms with Crippen molar-refractivity contribution in [2.75, 3.05) is 34.5 Å². The first kappa shape index (κ1) is 27.1. The summed E-state index contributed by atoms with van der Waals surface area (Å²) >= 11 is 17.0. The number of amides is 1. The molecule has 0 bridgehead atoms. The average Bonchev–Trinajstić information content (AvgIpc) is 3.33. The number of methoxy groups -OCH3 is 3. The second-order valence-electron chi connectivity index (χ2n) is 7.74. The van der Waals surface area contributed by atoms with Gasteiger partial charge in [-0.2, -0.15) is 0 Å². The molecule has 1 fully saturated rings. The van der Waals surface area contributed by atoms with E-state index in [1.54, 1.807) is 39.5 Å². The van der Waals surface area contributed by atoms with Crippen molar-refractivity contribution in [2.24, 2.45) is 0 Å². The van der Waals surface area contributed by atoms with Crippen molar-refractivity contribution in [3.8, 4) is 40.2 Å². The molecule has 10 heteroatoms. The zero-order valence-electron chi connectivity index (χ0n) is 19.5. The Bertz CT molecular complexity index is 1110. The number of halogens is 3. The van der Waals surface area contributed by atoms with Gasteiger partial charge in [0.2, 0.25) is 3.79 Å². The molecule has 35 heavy (non-hydrogen) atoms. The predicted octanol–water partition coefficient (Wildman–Crippen LogP) is 5.39. The van der Waals surface area contributed by atoms with E-state index < -0.39 is 22.0 Å². The quantitative estimate of drug-likeness (QED) is 0.390. The van der Waals surface area contributed by atoms with E-state index in [1.165, 1.54) is 4.90 Å². The fourth-order valence-corrected chi connectivity index (χ4v) is 3.93. The van der Waals surface area contributed by atoms with Crippen molar-refractivity contribution >= 4 is 40.9 Å². The highest BCUT2D eigenvalue weighted by molar-refractivity contribution is 6.67. The topological polar surface area (TPSA) is 77.5 Å². The van der Waals surface area contributed by atoms with Gasteiger partial charge in [-0.05, 0) is 48.2 Å². The molecular formula is C25H26Cl3NO6. The van der Waals surface area contributed by atoms with Gasteiger partial charge in [-0.3, -0.25) is 4.90 Å². The molecule has 2 unspecified atom stereocenters. The molecule has 0 radical (unpaired) electrons. The second kappa shape index (κ2) is 12.0. The van der Waals surface area contributed by atoms with Crippen LogP contribution in [0.1, 0.15) is 24.5 Å². The van der Waals surface area contributed by atoms with E-state index >= 15 is 0 Å². The Morgan fingerprint density at radius 2 is 1.86 bits per heavy atom. The minimum absolute atomic E-state index is 0.365. The van der Waals surface area contributed by atoms with Gasteiger partial charge in [-0.1, -0.05) is 58.8 Å². The summed E-state index contributed by atoms with van der Waals surface area (Å²) in [6.07, 6.45) is -0.340. The highest BCUT2D eigenvalue weighted by Gasteiger charge is 2.31. The van der Waals surface area contributed by atoms with Gasteiger partial charge in [-0.25, -0.2) is 4.79 Å². The number of hydrogen-bond donors (Lipinski definition) is 1. The zero-order chi connectivity index (χ0) is 25.6. The molecule has 188 valence electrons. The van der Waals surface area contributed by atoms with E-state index in [-0.39, 0.29) is 6.61 Å². The maximum atomic E-state index is 12.4. The Kier molecular flexibility index (Phi) is 9.26. The number of likely N-dealkylation sites (tertiary alicyclic amines) is 1. The van der Waals surface area contributed by atoms with E-state index in [9.17, 15) is 9.90 Å². The molecule has 0 spiro atoms. The van der Waals surface area contributed by atoms with Crippen LogP contribution in [0, 0.1) is 11.8 Å². The van der Waals surface area contributed by atoms with Crippen LogP contribution in [0.5, 0.6) is 17.2 Å². The Morgan fingerprint density at radius 1 is 1.11 bits per heavy atom. The molecule has 1 amide bonds. The predicted molar refractivity (Wildman–Crippen MR) is 136 cm³/mol. The van der Waals surface area contributed by atoms with E-state index in [4.69, 9.17) is 53.8 Å². The molecular weight excluding hydrogens is 517 g/mol. The molecule has 1 heterocycles. The fourth-order valence-electron chi connectivity index (χ4n) is 3.77. The summed E-state index contributed by atoms with van der Waals surface area (Å²) in [4.78, 5) is 13.9. The number of hydrogen-bond acceptors (Lipinski definition) is 6. The Hall–Kier alpha value is -2.50. The van der Waals surface area contributed by atoms with Gasteiger partial charge < -0.3 is 24.1 Å². The number of ether oxygens (including phenoxy) is 4. The van der Waals surface area contributed by atoms with Crippen molar-refractivity contribution in [2.45, 2.75) is 28.8 Å². The summed E-state index contributed by atoms with van der Waals surface area (Å²) < 4.78 is 19.5. The van der Waals surface area contributed by atoms with Crippen molar-refractivity contribution in [3.63, 3.8) is 0 Å². The minimum atomic E-state index is -1.69. The molecule has 7 nitrogen and oxygen atoms in total. The summed E-state index contributed by atoms with van der Waals surface area (Å²) in [5.41, 5.74) is 2.08. The summed E-state index contributed by atoms with van der Waals surface area (Å²) in [5.74, 6) is 7.64. The van der Waals surface area contributed by atoms with Crippen LogP contribution in [0.2, 0.25) is 0 Å². The molecule has 0 aromatic heterocycles. The number of rotatable bonds is 6. The number of nitrogens with zero attached hydrogens (tertiary/aromatic N) is 1. The molecule has 0 aliphatic carbocycles. The number of alkyl halides is 3. The fraction of sp³-hybridized carbons (Fsp3) is 0.400. The molecule has 3 rings (SSSR count). The normalized spacial score (nSPS) is 16.2. The number of aliphatic hydroxyl groups excluding tert-OH is 1. The third-order valence-corrected chi connectivity index (χ3v) is 5.81. The van der Waals surface area contributed by atoms with Crippen LogP contribution >= 0.6 is 34.8 Å². The lowest BCUT2D eigenvalue weighted by Crippen LogP contribution is -2.36. The molecule has 2 atom stereocenters. The maximum absolute atomic E-state index is 12.4. The smallest absolute Gasteiger partial charge is 0.410 e. The highest BCUT2D eigenvalue weighted by atomic mass is 35.6. The van der Waals surface area contributed by atoms with Crippen LogP contribution in [0.4, 0.5) is 4.79 Å². The molecule has 2 aromatic rings. The van der Waals surface area contributed by atoms with Crippen LogP contribution in [0.25, 0.3) is 11.1 Å². The molecule has 1 aliphatic heterocycles. The van der Waals surface area contributed by atoms with Crippen LogP contribution in [0.15, 0.2) is 36.4 Å². The standard InChI is InChI=1S/C25H26Cl3NO6/c1-32-18-8-9-19(20(14-18)16-6-11-22(33-2)23(13-16)34-3)21(30)10-7-17-5-4-12-29(17)24(31)35-15-25(26,27)28/h6,8-9,11,13-14,17,21,30H,4-5,12,15H2,1-3H3. The largest absolute Gasteiger partial charge is 0.497 e. The molecule has 2 aromatic carbocycles. The first-order chi connectivity index (χ1) is 16.7. The third-order valence-electron chi connectivity index (χ3n) is 5.48. The van der Waals surface area contributed by atoms with Crippen LogP contribution in [-0.2, 0) is 4.74 Å². The van der Waals surface area contributed by atoms with E-state index in [1.807, 2.05) is 18.2 Å². The summed E-state index contributed by atoms with van der Waals surface area (Å²) in [6.45, 7) is 0.101. The second-order valence-corrected chi connectivity index (χ2v) is 10.3. The third kappa shape index (κ3) is 7.02. The van der Waals surface area contributed by atoms with Gasteiger partial charge >= 0.3 is 6.09 Å². The lowest BCUT2D eigenvalue weighted by Gasteiger charge is -2.21. The SMILES string of the molecule is COc1ccc(C(O)C#CC2CCCN2C(=O)OCC(Cl)(Cl)Cl)c(-c2ccc(OC)c(OC)c2)c1. The van der Waals surface area contributed by atoms with Gasteiger partial charge in [0.25, 0.3) is 0 Å². The summed E-state index contributed by atoms with van der Waals surface area (Å²) in [5, 5.41) is 11.0. The van der Waals surface area contributed by atoms with E-state index in [2.05, 4.69) is 11.8 Å². The van der Waals surface area contributed by atoms with Crippen molar-refractivity contribution in [1.82, 2.24) is 4.90 Å². The molecule has 1 saturated heterocycles. The average molecular weight is 543 g/mol. The minimum Gasteiger partial charge on any atom is -0.497 e. The summed E-state index contributed by atoms with van der Waals surface area (Å²) in [6, 6.07) is 10.4. The number of carbonyl (C=O) groups is 1. The Morgan fingerprint density at radius 3 is 2.51 bits per heavy atom. The van der Waals surface area contributed by atoms with Crippen LogP contribution in [-0.4, -0.2) is 60.4 Å². The lowest BCUT2D eigenvalue weighted by atomic mass is 9.95.